The summed E-state index contributed by atoms with van der Waals surface area (Å²) in [6.45, 7) is 5.09. The number of rotatable bonds is 4. The maximum absolute atomic E-state index is 11.9. The molecule has 1 aliphatic carbocycles. The molecule has 1 aromatic rings. The van der Waals surface area contributed by atoms with E-state index >= 15 is 0 Å². The van der Waals surface area contributed by atoms with Crippen LogP contribution in [-0.4, -0.2) is 20.5 Å². The Morgan fingerprint density at radius 3 is 3.00 bits per heavy atom. The van der Waals surface area contributed by atoms with Gasteiger partial charge in [0, 0.05) is 25.3 Å². The van der Waals surface area contributed by atoms with E-state index in [-0.39, 0.29) is 5.92 Å². The number of carbonyl (C=O) groups is 1. The minimum atomic E-state index is 0.170. The van der Waals surface area contributed by atoms with Gasteiger partial charge in [0.05, 0.1) is 0 Å². The van der Waals surface area contributed by atoms with Crippen LogP contribution in [0.15, 0.2) is 6.33 Å². The van der Waals surface area contributed by atoms with Crippen LogP contribution in [0.5, 0.6) is 0 Å². The Morgan fingerprint density at radius 1 is 1.47 bits per heavy atom. The lowest BCUT2D eigenvalue weighted by atomic mass is 9.78. The van der Waals surface area contributed by atoms with Gasteiger partial charge in [0.15, 0.2) is 0 Å². The number of nitrogens with zero attached hydrogens (tertiary/aromatic N) is 3. The molecule has 0 bridgehead atoms. The second kappa shape index (κ2) is 5.43. The summed E-state index contributed by atoms with van der Waals surface area (Å²) in [6.07, 6.45) is 6.40. The maximum atomic E-state index is 11.9. The first-order valence-corrected chi connectivity index (χ1v) is 6.64. The van der Waals surface area contributed by atoms with E-state index in [2.05, 4.69) is 23.9 Å². The van der Waals surface area contributed by atoms with Gasteiger partial charge in [-0.05, 0) is 25.7 Å². The molecule has 1 heterocycles. The van der Waals surface area contributed by atoms with E-state index in [9.17, 15) is 4.79 Å². The number of aryl methyl sites for hydroxylation is 1. The van der Waals surface area contributed by atoms with Crippen molar-refractivity contribution in [2.45, 2.75) is 52.5 Å². The first-order valence-electron chi connectivity index (χ1n) is 6.64. The average molecular weight is 235 g/mol. The molecule has 4 nitrogen and oxygen atoms in total. The highest BCUT2D eigenvalue weighted by atomic mass is 16.1. The van der Waals surface area contributed by atoms with Gasteiger partial charge in [-0.3, -0.25) is 9.48 Å². The fraction of sp³-hybridized carbons (Fsp3) is 0.769. The normalized spacial score (nSPS) is 25.2. The minimum absolute atomic E-state index is 0.170. The van der Waals surface area contributed by atoms with Crippen LogP contribution in [0.4, 0.5) is 0 Å². The van der Waals surface area contributed by atoms with Crippen molar-refractivity contribution in [3.8, 4) is 0 Å². The third-order valence-corrected chi connectivity index (χ3v) is 3.87. The van der Waals surface area contributed by atoms with Gasteiger partial charge in [-0.2, -0.15) is 5.10 Å². The van der Waals surface area contributed by atoms with Crippen molar-refractivity contribution in [2.75, 3.05) is 0 Å². The molecule has 0 aromatic carbocycles. The lowest BCUT2D eigenvalue weighted by Gasteiger charge is -2.27. The summed E-state index contributed by atoms with van der Waals surface area (Å²) < 4.78 is 1.89. The van der Waals surface area contributed by atoms with Crippen molar-refractivity contribution in [2.24, 2.45) is 11.8 Å². The highest BCUT2D eigenvalue weighted by Gasteiger charge is 2.28. The van der Waals surface area contributed by atoms with E-state index in [4.69, 9.17) is 0 Å². The first kappa shape index (κ1) is 12.3. The highest BCUT2D eigenvalue weighted by molar-refractivity contribution is 5.81. The van der Waals surface area contributed by atoms with Crippen molar-refractivity contribution >= 4 is 5.78 Å². The largest absolute Gasteiger partial charge is 0.299 e. The molecule has 1 fully saturated rings. The topological polar surface area (TPSA) is 47.8 Å². The fourth-order valence-corrected chi connectivity index (χ4v) is 2.70. The van der Waals surface area contributed by atoms with Crippen LogP contribution in [0.3, 0.4) is 0 Å². The molecule has 94 valence electrons. The van der Waals surface area contributed by atoms with Gasteiger partial charge in [0.25, 0.3) is 0 Å². The summed E-state index contributed by atoms with van der Waals surface area (Å²) in [7, 11) is 0. The quantitative estimate of drug-likeness (QED) is 0.804. The summed E-state index contributed by atoms with van der Waals surface area (Å²) in [5, 5.41) is 4.16. The molecule has 0 amide bonds. The average Bonchev–Trinajstić information content (AvgIpc) is 2.79. The Labute approximate surface area is 102 Å². The number of hydrogen-bond acceptors (Lipinski definition) is 3. The molecular weight excluding hydrogens is 214 g/mol. The van der Waals surface area contributed by atoms with Crippen LogP contribution in [-0.2, 0) is 17.8 Å². The lowest BCUT2D eigenvalue weighted by molar-refractivity contribution is -0.125. The van der Waals surface area contributed by atoms with Crippen LogP contribution in [0.2, 0.25) is 0 Å². The summed E-state index contributed by atoms with van der Waals surface area (Å²) >= 11 is 0. The third kappa shape index (κ3) is 2.73. The molecule has 0 aliphatic heterocycles. The van der Waals surface area contributed by atoms with Gasteiger partial charge in [-0.1, -0.05) is 13.3 Å². The molecule has 1 aromatic heterocycles. The number of hydrogen-bond donors (Lipinski definition) is 0. The molecule has 0 N–H and O–H groups in total. The Bertz CT molecular complexity index is 386. The van der Waals surface area contributed by atoms with Crippen LogP contribution < -0.4 is 0 Å². The second-order valence-electron chi connectivity index (χ2n) is 4.91. The van der Waals surface area contributed by atoms with E-state index in [1.807, 2.05) is 4.68 Å². The summed E-state index contributed by atoms with van der Waals surface area (Å²) in [6, 6.07) is 0. The number of Topliss-reactive ketones (excluding diaryl/α,β-unsaturated/α-hetero) is 1. The predicted octanol–water partition coefficient (Wildman–Crippen LogP) is 2.24. The molecular formula is C13H21N3O. The summed E-state index contributed by atoms with van der Waals surface area (Å²) in [5.74, 6) is 2.27. The number of ketones is 1. The van der Waals surface area contributed by atoms with Crippen molar-refractivity contribution in [3.63, 3.8) is 0 Å². The Hall–Kier alpha value is -1.19. The standard InChI is InChI=1S/C13H21N3O/c1-3-10-5-6-12(17)11(7-10)8-13-14-9-15-16(13)4-2/h9-11H,3-8H2,1-2H3. The van der Waals surface area contributed by atoms with Gasteiger partial charge in [0.1, 0.15) is 17.9 Å². The summed E-state index contributed by atoms with van der Waals surface area (Å²) in [4.78, 5) is 16.2. The second-order valence-corrected chi connectivity index (χ2v) is 4.91. The predicted molar refractivity (Wildman–Crippen MR) is 65.5 cm³/mol. The minimum Gasteiger partial charge on any atom is -0.299 e. The van der Waals surface area contributed by atoms with Gasteiger partial charge >= 0.3 is 0 Å². The molecule has 17 heavy (non-hydrogen) atoms. The molecule has 1 saturated carbocycles. The summed E-state index contributed by atoms with van der Waals surface area (Å²) in [5.41, 5.74) is 0. The van der Waals surface area contributed by atoms with E-state index < -0.39 is 0 Å². The smallest absolute Gasteiger partial charge is 0.138 e. The lowest BCUT2D eigenvalue weighted by Crippen LogP contribution is -2.27. The zero-order valence-electron chi connectivity index (χ0n) is 10.7. The molecule has 1 aliphatic rings. The van der Waals surface area contributed by atoms with Gasteiger partial charge in [-0.15, -0.1) is 0 Å². The van der Waals surface area contributed by atoms with Crippen molar-refractivity contribution in [1.82, 2.24) is 14.8 Å². The van der Waals surface area contributed by atoms with Gasteiger partial charge in [0.2, 0.25) is 0 Å². The van der Waals surface area contributed by atoms with Crippen molar-refractivity contribution in [1.29, 1.82) is 0 Å². The van der Waals surface area contributed by atoms with Crippen LogP contribution >= 0.6 is 0 Å². The SMILES string of the molecule is CCC1CCC(=O)C(Cc2ncnn2CC)C1. The number of aromatic nitrogens is 3. The van der Waals surface area contributed by atoms with Crippen LogP contribution in [0, 0.1) is 11.8 Å². The van der Waals surface area contributed by atoms with Crippen molar-refractivity contribution in [3.05, 3.63) is 12.2 Å². The fourth-order valence-electron chi connectivity index (χ4n) is 2.70. The Kier molecular flexibility index (Phi) is 3.92. The molecule has 4 heteroatoms. The maximum Gasteiger partial charge on any atom is 0.138 e. The number of carbonyl (C=O) groups excluding carboxylic acids is 1. The molecule has 0 saturated heterocycles. The first-order chi connectivity index (χ1) is 8.24. The van der Waals surface area contributed by atoms with Gasteiger partial charge in [-0.25, -0.2) is 4.98 Å². The zero-order valence-corrected chi connectivity index (χ0v) is 10.7. The molecule has 0 spiro atoms. The van der Waals surface area contributed by atoms with Crippen molar-refractivity contribution < 1.29 is 4.79 Å². The zero-order chi connectivity index (χ0) is 12.3. The monoisotopic (exact) mass is 235 g/mol. The van der Waals surface area contributed by atoms with Gasteiger partial charge < -0.3 is 0 Å². The Morgan fingerprint density at radius 2 is 2.29 bits per heavy atom. The third-order valence-electron chi connectivity index (χ3n) is 3.87. The van der Waals surface area contributed by atoms with E-state index in [1.54, 1.807) is 6.33 Å². The highest BCUT2D eigenvalue weighted by Crippen LogP contribution is 2.30. The molecule has 2 rings (SSSR count). The Balaban J connectivity index is 2.04. The molecule has 0 radical (unpaired) electrons. The van der Waals surface area contributed by atoms with Crippen LogP contribution in [0.25, 0.3) is 0 Å². The van der Waals surface area contributed by atoms with E-state index in [0.717, 1.165) is 44.0 Å². The van der Waals surface area contributed by atoms with Crippen LogP contribution in [0.1, 0.15) is 45.4 Å². The van der Waals surface area contributed by atoms with E-state index in [1.165, 1.54) is 6.42 Å². The van der Waals surface area contributed by atoms with E-state index in [0.29, 0.717) is 5.78 Å². The molecule has 2 atom stereocenters. The molecule has 2 unspecified atom stereocenters.